The second kappa shape index (κ2) is 6.20. The number of amides is 1. The molecule has 24 heavy (non-hydrogen) atoms. The molecule has 1 amide bonds. The van der Waals surface area contributed by atoms with Crippen LogP contribution in [0.5, 0.6) is 11.5 Å². The predicted octanol–water partition coefficient (Wildman–Crippen LogP) is 3.62. The zero-order valence-electron chi connectivity index (χ0n) is 13.9. The molecule has 3 aromatic rings. The van der Waals surface area contributed by atoms with Crippen molar-refractivity contribution in [2.75, 3.05) is 19.8 Å². The molecule has 1 heterocycles. The van der Waals surface area contributed by atoms with Crippen LogP contribution >= 0.6 is 0 Å². The fourth-order valence-corrected chi connectivity index (χ4v) is 2.50. The Labute approximate surface area is 140 Å². The van der Waals surface area contributed by atoms with E-state index in [1.165, 1.54) is 0 Å². The lowest BCUT2D eigenvalue weighted by Gasteiger charge is -2.15. The van der Waals surface area contributed by atoms with Crippen LogP contribution in [0, 0.1) is 6.92 Å². The molecule has 0 aliphatic rings. The Balaban J connectivity index is 2.09. The number of carbonyl (C=O) groups excluding carboxylic acids is 1. The molecule has 122 valence electrons. The first-order valence-corrected chi connectivity index (χ1v) is 7.60. The van der Waals surface area contributed by atoms with Crippen molar-refractivity contribution in [3.63, 3.8) is 0 Å². The Morgan fingerprint density at radius 1 is 1.12 bits per heavy atom. The van der Waals surface area contributed by atoms with Crippen molar-refractivity contribution in [3.8, 4) is 11.5 Å². The van der Waals surface area contributed by atoms with Crippen molar-refractivity contribution < 1.29 is 9.53 Å². The summed E-state index contributed by atoms with van der Waals surface area (Å²) in [5, 5.41) is 0.796. The number of anilines is 1. The van der Waals surface area contributed by atoms with E-state index < -0.39 is 0 Å². The third-order valence-electron chi connectivity index (χ3n) is 3.79. The third-order valence-corrected chi connectivity index (χ3v) is 3.79. The van der Waals surface area contributed by atoms with E-state index in [9.17, 15) is 4.79 Å². The van der Waals surface area contributed by atoms with E-state index in [0.29, 0.717) is 22.7 Å². The lowest BCUT2D eigenvalue weighted by Crippen LogP contribution is -2.22. The molecule has 0 fully saturated rings. The molecule has 0 unspecified atom stereocenters. The van der Waals surface area contributed by atoms with E-state index in [0.717, 1.165) is 16.5 Å². The molecule has 0 bridgehead atoms. The molecule has 0 spiro atoms. The number of aryl methyl sites for hydroxylation is 1. The van der Waals surface area contributed by atoms with Gasteiger partial charge in [0.05, 0.1) is 5.52 Å². The fraction of sp³-hybridized carbons (Fsp3) is 0.158. The number of nitrogens with zero attached hydrogens (tertiary/aromatic N) is 2. The zero-order chi connectivity index (χ0) is 17.3. The van der Waals surface area contributed by atoms with Gasteiger partial charge in [0.15, 0.2) is 0 Å². The Kier molecular flexibility index (Phi) is 4.08. The smallest absolute Gasteiger partial charge is 0.253 e. The Bertz CT molecular complexity index is 902. The van der Waals surface area contributed by atoms with Gasteiger partial charge in [-0.05, 0) is 55.0 Å². The number of carbonyl (C=O) groups is 1. The Hall–Kier alpha value is -3.08. The summed E-state index contributed by atoms with van der Waals surface area (Å²) in [5.41, 5.74) is 8.69. The maximum atomic E-state index is 12.4. The quantitative estimate of drug-likeness (QED) is 0.748. The number of nitrogens with two attached hydrogens (primary N) is 1. The minimum atomic E-state index is -0.0447. The van der Waals surface area contributed by atoms with Crippen molar-refractivity contribution in [1.82, 2.24) is 9.88 Å². The number of ether oxygens (including phenoxy) is 1. The normalized spacial score (nSPS) is 10.6. The number of rotatable bonds is 3. The van der Waals surface area contributed by atoms with Gasteiger partial charge in [-0.25, -0.2) is 0 Å². The van der Waals surface area contributed by atoms with Crippen LogP contribution in [0.1, 0.15) is 15.9 Å². The monoisotopic (exact) mass is 321 g/mol. The van der Waals surface area contributed by atoms with Gasteiger partial charge in [-0.1, -0.05) is 0 Å². The molecule has 2 N–H and O–H groups in total. The molecule has 1 aromatic heterocycles. The van der Waals surface area contributed by atoms with Gasteiger partial charge in [0, 0.05) is 36.9 Å². The molecular weight excluding hydrogens is 302 g/mol. The molecule has 0 radical (unpaired) electrons. The summed E-state index contributed by atoms with van der Waals surface area (Å²) in [4.78, 5) is 18.3. The summed E-state index contributed by atoms with van der Waals surface area (Å²) in [6, 6.07) is 12.7. The highest BCUT2D eigenvalue weighted by Gasteiger charge is 2.15. The van der Waals surface area contributed by atoms with Crippen molar-refractivity contribution in [2.24, 2.45) is 0 Å². The molecular formula is C19H19N3O2. The van der Waals surface area contributed by atoms with Crippen LogP contribution in [0.15, 0.2) is 48.7 Å². The van der Waals surface area contributed by atoms with Crippen LogP contribution in [0.25, 0.3) is 10.9 Å². The number of hydrogen-bond acceptors (Lipinski definition) is 4. The van der Waals surface area contributed by atoms with Gasteiger partial charge in [0.1, 0.15) is 11.5 Å². The van der Waals surface area contributed by atoms with Gasteiger partial charge in [-0.3, -0.25) is 9.78 Å². The molecule has 3 rings (SSSR count). The van der Waals surface area contributed by atoms with Gasteiger partial charge in [-0.15, -0.1) is 0 Å². The van der Waals surface area contributed by atoms with Gasteiger partial charge >= 0.3 is 0 Å². The van der Waals surface area contributed by atoms with Gasteiger partial charge in [-0.2, -0.15) is 0 Å². The Morgan fingerprint density at radius 2 is 1.83 bits per heavy atom. The second-order valence-electron chi connectivity index (χ2n) is 5.86. The minimum absolute atomic E-state index is 0.0447. The predicted molar refractivity (Wildman–Crippen MR) is 95.4 cm³/mol. The molecule has 0 saturated heterocycles. The molecule has 0 aliphatic heterocycles. The molecule has 0 saturated carbocycles. The standard InChI is InChI=1S/C19H19N3O2/c1-12-10-17-16(11-15(12)19(23)22(2)3)18(8-9-21-17)24-14-6-4-13(20)5-7-14/h4-11H,20H2,1-3H3. The molecule has 0 atom stereocenters. The SMILES string of the molecule is Cc1cc2nccc(Oc3ccc(N)cc3)c2cc1C(=O)N(C)C. The van der Waals surface area contributed by atoms with Crippen LogP contribution in [0.3, 0.4) is 0 Å². The number of fused-ring (bicyclic) bond motifs is 1. The summed E-state index contributed by atoms with van der Waals surface area (Å²) in [7, 11) is 3.47. The van der Waals surface area contributed by atoms with E-state index in [2.05, 4.69) is 4.98 Å². The average Bonchev–Trinajstić information content (AvgIpc) is 2.56. The molecule has 0 aliphatic carbocycles. The lowest BCUT2D eigenvalue weighted by molar-refractivity contribution is 0.0827. The lowest BCUT2D eigenvalue weighted by atomic mass is 10.0. The second-order valence-corrected chi connectivity index (χ2v) is 5.86. The average molecular weight is 321 g/mol. The highest BCUT2D eigenvalue weighted by atomic mass is 16.5. The van der Waals surface area contributed by atoms with Crippen molar-refractivity contribution in [1.29, 1.82) is 0 Å². The first-order chi connectivity index (χ1) is 11.5. The molecule has 5 heteroatoms. The highest BCUT2D eigenvalue weighted by molar-refractivity contribution is 6.00. The van der Waals surface area contributed by atoms with E-state index in [1.807, 2.05) is 31.2 Å². The molecule has 2 aromatic carbocycles. The van der Waals surface area contributed by atoms with Gasteiger partial charge in [0.2, 0.25) is 0 Å². The third kappa shape index (κ3) is 3.01. The van der Waals surface area contributed by atoms with Crippen LogP contribution in [0.2, 0.25) is 0 Å². The Morgan fingerprint density at radius 3 is 2.50 bits per heavy atom. The number of benzene rings is 2. The summed E-state index contributed by atoms with van der Waals surface area (Å²) in [5.74, 6) is 1.28. The first kappa shape index (κ1) is 15.8. The largest absolute Gasteiger partial charge is 0.457 e. The zero-order valence-corrected chi connectivity index (χ0v) is 13.9. The van der Waals surface area contributed by atoms with E-state index in [1.54, 1.807) is 43.4 Å². The maximum Gasteiger partial charge on any atom is 0.253 e. The summed E-state index contributed by atoms with van der Waals surface area (Å²) in [6.07, 6.45) is 1.70. The van der Waals surface area contributed by atoms with E-state index >= 15 is 0 Å². The highest BCUT2D eigenvalue weighted by Crippen LogP contribution is 2.31. The van der Waals surface area contributed by atoms with Crippen molar-refractivity contribution in [3.05, 3.63) is 59.8 Å². The number of aromatic nitrogens is 1. The maximum absolute atomic E-state index is 12.4. The minimum Gasteiger partial charge on any atom is -0.457 e. The summed E-state index contributed by atoms with van der Waals surface area (Å²) < 4.78 is 5.96. The number of nitrogen functional groups attached to an aromatic ring is 1. The fourth-order valence-electron chi connectivity index (χ4n) is 2.50. The number of pyridine rings is 1. The topological polar surface area (TPSA) is 68.5 Å². The van der Waals surface area contributed by atoms with Crippen molar-refractivity contribution in [2.45, 2.75) is 6.92 Å². The summed E-state index contributed by atoms with van der Waals surface area (Å²) >= 11 is 0. The first-order valence-electron chi connectivity index (χ1n) is 7.60. The van der Waals surface area contributed by atoms with Crippen LogP contribution < -0.4 is 10.5 Å². The van der Waals surface area contributed by atoms with Crippen LogP contribution in [0.4, 0.5) is 5.69 Å². The molecule has 5 nitrogen and oxygen atoms in total. The van der Waals surface area contributed by atoms with Crippen LogP contribution in [-0.2, 0) is 0 Å². The van der Waals surface area contributed by atoms with Gasteiger partial charge in [0.25, 0.3) is 5.91 Å². The van der Waals surface area contributed by atoms with Crippen LogP contribution in [-0.4, -0.2) is 29.9 Å². The van der Waals surface area contributed by atoms with Crippen molar-refractivity contribution >= 4 is 22.5 Å². The van der Waals surface area contributed by atoms with E-state index in [4.69, 9.17) is 10.5 Å². The summed E-state index contributed by atoms with van der Waals surface area (Å²) in [6.45, 7) is 1.91. The van der Waals surface area contributed by atoms with Gasteiger partial charge < -0.3 is 15.4 Å². The number of hydrogen-bond donors (Lipinski definition) is 1. The van der Waals surface area contributed by atoms with E-state index in [-0.39, 0.29) is 5.91 Å².